The van der Waals surface area contributed by atoms with Crippen molar-refractivity contribution in [3.63, 3.8) is 0 Å². The lowest BCUT2D eigenvalue weighted by molar-refractivity contribution is -0.383. The molecule has 0 unspecified atom stereocenters. The van der Waals surface area contributed by atoms with Crippen LogP contribution in [0.1, 0.15) is 26.3 Å². The molecule has 0 spiro atoms. The van der Waals surface area contributed by atoms with Crippen LogP contribution in [0, 0.1) is 10.1 Å². The van der Waals surface area contributed by atoms with Crippen molar-refractivity contribution >= 4 is 54.5 Å². The monoisotopic (exact) mass is 508 g/mol. The Morgan fingerprint density at radius 1 is 1.21 bits per heavy atom. The van der Waals surface area contributed by atoms with Crippen LogP contribution < -0.4 is 0 Å². The van der Waals surface area contributed by atoms with E-state index < -0.39 is 16.6 Å². The minimum absolute atomic E-state index is 0.160. The van der Waals surface area contributed by atoms with E-state index in [1.165, 1.54) is 10.6 Å². The molecule has 3 rings (SSSR count). The number of hydrogen-bond acceptors (Lipinski definition) is 4. The molecule has 0 N–H and O–H groups in total. The molecule has 0 aliphatic heterocycles. The Morgan fingerprint density at radius 3 is 2.50 bits per heavy atom. The van der Waals surface area contributed by atoms with Gasteiger partial charge in [0.05, 0.1) is 15.1 Å². The number of ether oxygens (including phenoxy) is 1. The molecule has 6 nitrogen and oxygen atoms in total. The number of para-hydroxylation sites is 1. The van der Waals surface area contributed by atoms with Gasteiger partial charge in [0.2, 0.25) is 0 Å². The maximum absolute atomic E-state index is 13.1. The van der Waals surface area contributed by atoms with E-state index in [0.29, 0.717) is 20.9 Å². The topological polar surface area (TPSA) is 74.4 Å². The van der Waals surface area contributed by atoms with Crippen LogP contribution >= 0.6 is 31.9 Å². The molecule has 8 heteroatoms. The number of nitro benzene ring substituents is 1. The van der Waals surface area contributed by atoms with Crippen LogP contribution in [0.15, 0.2) is 46.9 Å². The van der Waals surface area contributed by atoms with Crippen molar-refractivity contribution in [1.82, 2.24) is 4.57 Å². The predicted molar refractivity (Wildman–Crippen MR) is 116 cm³/mol. The molecule has 1 aromatic heterocycles. The van der Waals surface area contributed by atoms with Gasteiger partial charge in [0.15, 0.2) is 0 Å². The summed E-state index contributed by atoms with van der Waals surface area (Å²) in [4.78, 5) is 24.3. The van der Waals surface area contributed by atoms with E-state index in [1.54, 1.807) is 32.9 Å². The smallest absolute Gasteiger partial charge is 0.419 e. The zero-order valence-corrected chi connectivity index (χ0v) is 18.7. The second kappa shape index (κ2) is 7.67. The molecule has 0 fully saturated rings. The van der Waals surface area contributed by atoms with Gasteiger partial charge in [-0.25, -0.2) is 9.36 Å². The van der Waals surface area contributed by atoms with Gasteiger partial charge < -0.3 is 4.74 Å². The number of non-ortho nitro benzene ring substituents is 1. The van der Waals surface area contributed by atoms with Crippen LogP contribution in [-0.4, -0.2) is 21.2 Å². The molecule has 146 valence electrons. The zero-order valence-electron chi connectivity index (χ0n) is 15.5. The van der Waals surface area contributed by atoms with Gasteiger partial charge in [0.25, 0.3) is 5.69 Å². The van der Waals surface area contributed by atoms with Gasteiger partial charge in [0, 0.05) is 22.3 Å². The van der Waals surface area contributed by atoms with E-state index in [4.69, 9.17) is 4.74 Å². The number of alkyl halides is 1. The molecule has 0 radical (unpaired) electrons. The quantitative estimate of drug-likeness (QED) is 0.225. The van der Waals surface area contributed by atoms with Gasteiger partial charge in [-0.05, 0) is 48.3 Å². The van der Waals surface area contributed by atoms with Crippen LogP contribution in [0.2, 0.25) is 0 Å². The molecule has 0 saturated heterocycles. The second-order valence-corrected chi connectivity index (χ2v) is 8.60. The summed E-state index contributed by atoms with van der Waals surface area (Å²) in [6, 6.07) is 12.3. The van der Waals surface area contributed by atoms with Crippen LogP contribution in [0.5, 0.6) is 0 Å². The van der Waals surface area contributed by atoms with Gasteiger partial charge in [-0.2, -0.15) is 0 Å². The summed E-state index contributed by atoms with van der Waals surface area (Å²) in [5.74, 6) is 0. The Balaban J connectivity index is 2.41. The fourth-order valence-corrected chi connectivity index (χ4v) is 4.05. The van der Waals surface area contributed by atoms with Crippen molar-refractivity contribution in [1.29, 1.82) is 0 Å². The first-order valence-corrected chi connectivity index (χ1v) is 10.4. The number of benzene rings is 2. The second-order valence-electron chi connectivity index (χ2n) is 7.24. The molecule has 0 atom stereocenters. The first-order chi connectivity index (χ1) is 13.1. The number of nitrogens with zero attached hydrogens (tertiary/aromatic N) is 2. The van der Waals surface area contributed by atoms with Crippen LogP contribution in [0.4, 0.5) is 10.5 Å². The van der Waals surface area contributed by atoms with Gasteiger partial charge in [-0.15, -0.1) is 0 Å². The van der Waals surface area contributed by atoms with Gasteiger partial charge in [-0.1, -0.05) is 46.3 Å². The van der Waals surface area contributed by atoms with E-state index >= 15 is 0 Å². The Labute approximate surface area is 178 Å². The molecule has 0 saturated carbocycles. The summed E-state index contributed by atoms with van der Waals surface area (Å²) >= 11 is 6.99. The SMILES string of the molecule is CC(C)(C)OC(=O)n1c(-c2cccc(CBr)c2)c(Br)c2cccc([N+](=O)[O-])c21. The minimum Gasteiger partial charge on any atom is -0.443 e. The van der Waals surface area contributed by atoms with E-state index in [-0.39, 0.29) is 11.2 Å². The van der Waals surface area contributed by atoms with Crippen LogP contribution in [0.3, 0.4) is 0 Å². The average molecular weight is 510 g/mol. The van der Waals surface area contributed by atoms with Gasteiger partial charge in [-0.3, -0.25) is 10.1 Å². The predicted octanol–water partition coefficient (Wildman–Crippen LogP) is 6.66. The third kappa shape index (κ3) is 3.84. The van der Waals surface area contributed by atoms with E-state index in [1.807, 2.05) is 24.3 Å². The number of aromatic nitrogens is 1. The van der Waals surface area contributed by atoms with Crippen LogP contribution in [-0.2, 0) is 10.1 Å². The van der Waals surface area contributed by atoms with Crippen molar-refractivity contribution in [2.24, 2.45) is 0 Å². The molecule has 0 bridgehead atoms. The molecular formula is C20H18Br2N2O4. The minimum atomic E-state index is -0.751. The Bertz CT molecular complexity index is 1080. The fraction of sp³-hybridized carbons (Fsp3) is 0.250. The Morgan fingerprint density at radius 2 is 1.89 bits per heavy atom. The lowest BCUT2D eigenvalue weighted by Crippen LogP contribution is -2.27. The normalized spacial score (nSPS) is 11.6. The standard InChI is InChI=1S/C20H18Br2N2O4/c1-20(2,3)28-19(25)23-17(13-7-4-6-12(10-13)11-21)16(22)14-8-5-9-15(18(14)23)24(26)27/h4-10H,11H2,1-3H3. The molecule has 28 heavy (non-hydrogen) atoms. The average Bonchev–Trinajstić information content (AvgIpc) is 2.93. The highest BCUT2D eigenvalue weighted by atomic mass is 79.9. The molecule has 2 aromatic carbocycles. The third-order valence-corrected chi connectivity index (χ3v) is 5.48. The molecular weight excluding hydrogens is 492 g/mol. The zero-order chi connectivity index (χ0) is 20.6. The number of carbonyl (C=O) groups is 1. The number of rotatable bonds is 3. The summed E-state index contributed by atoms with van der Waals surface area (Å²) in [5, 5.41) is 12.9. The van der Waals surface area contributed by atoms with E-state index in [2.05, 4.69) is 31.9 Å². The largest absolute Gasteiger partial charge is 0.443 e. The number of hydrogen-bond donors (Lipinski definition) is 0. The number of halogens is 2. The third-order valence-electron chi connectivity index (χ3n) is 4.03. The van der Waals surface area contributed by atoms with Gasteiger partial charge in [0.1, 0.15) is 11.1 Å². The van der Waals surface area contributed by atoms with Crippen molar-refractivity contribution in [3.8, 4) is 11.3 Å². The lowest BCUT2D eigenvalue weighted by Gasteiger charge is -2.21. The number of carbonyl (C=O) groups excluding carboxylic acids is 1. The van der Waals surface area contributed by atoms with Gasteiger partial charge >= 0.3 is 6.09 Å². The highest BCUT2D eigenvalue weighted by molar-refractivity contribution is 9.10. The molecule has 0 amide bonds. The molecule has 0 aliphatic carbocycles. The highest BCUT2D eigenvalue weighted by Gasteiger charge is 2.30. The first-order valence-electron chi connectivity index (χ1n) is 8.50. The maximum atomic E-state index is 13.1. The van der Waals surface area contributed by atoms with Crippen molar-refractivity contribution < 1.29 is 14.5 Å². The molecule has 0 aliphatic rings. The fourth-order valence-electron chi connectivity index (χ4n) is 2.98. The lowest BCUT2D eigenvalue weighted by atomic mass is 10.1. The summed E-state index contributed by atoms with van der Waals surface area (Å²) in [6.07, 6.45) is -0.670. The highest BCUT2D eigenvalue weighted by Crippen LogP contribution is 2.41. The maximum Gasteiger partial charge on any atom is 0.419 e. The van der Waals surface area contributed by atoms with Crippen molar-refractivity contribution in [2.45, 2.75) is 31.7 Å². The van der Waals surface area contributed by atoms with E-state index in [0.717, 1.165) is 11.1 Å². The molecule has 1 heterocycles. The molecule has 3 aromatic rings. The van der Waals surface area contributed by atoms with Crippen molar-refractivity contribution in [3.05, 3.63) is 62.6 Å². The number of fused-ring (bicyclic) bond motifs is 1. The van der Waals surface area contributed by atoms with Crippen LogP contribution in [0.25, 0.3) is 22.2 Å². The Kier molecular flexibility index (Phi) is 5.63. The summed E-state index contributed by atoms with van der Waals surface area (Å²) in [5.41, 5.74) is 1.57. The summed E-state index contributed by atoms with van der Waals surface area (Å²) < 4.78 is 7.46. The van der Waals surface area contributed by atoms with E-state index in [9.17, 15) is 14.9 Å². The summed E-state index contributed by atoms with van der Waals surface area (Å²) in [6.45, 7) is 5.27. The Hall–Kier alpha value is -2.19. The summed E-state index contributed by atoms with van der Waals surface area (Å²) in [7, 11) is 0. The van der Waals surface area contributed by atoms with Crippen molar-refractivity contribution in [2.75, 3.05) is 0 Å². The first kappa shape index (κ1) is 20.5. The number of nitro groups is 1.